The van der Waals surface area contributed by atoms with E-state index in [0.717, 1.165) is 0 Å². The second kappa shape index (κ2) is 13.6. The van der Waals surface area contributed by atoms with E-state index < -0.39 is 84.9 Å². The molecular formula is C36H40F6N4O4Si. The number of amides is 1. The number of aromatic nitrogens is 3. The van der Waals surface area contributed by atoms with Crippen molar-refractivity contribution in [3.05, 3.63) is 111 Å². The van der Waals surface area contributed by atoms with Crippen LogP contribution >= 0.6 is 0 Å². The third-order valence-corrected chi connectivity index (χ3v) is 14.1. The number of hydrogen-bond acceptors (Lipinski definition) is 5. The fourth-order valence-electron chi connectivity index (χ4n) is 5.81. The predicted octanol–water partition coefficient (Wildman–Crippen LogP) is 8.57. The summed E-state index contributed by atoms with van der Waals surface area (Å²) in [6.45, 7) is 12.0. The van der Waals surface area contributed by atoms with Crippen LogP contribution in [0, 0.1) is 6.92 Å². The van der Waals surface area contributed by atoms with Gasteiger partial charge in [-0.05, 0) is 61.8 Å². The smallest absolute Gasteiger partial charge is 0.419 e. The number of pyridine rings is 1. The van der Waals surface area contributed by atoms with Gasteiger partial charge in [-0.2, -0.15) is 26.3 Å². The summed E-state index contributed by atoms with van der Waals surface area (Å²) in [5.74, 6) is -1.60. The summed E-state index contributed by atoms with van der Waals surface area (Å²) in [7, 11) is -2.71. The topological polar surface area (TPSA) is 78.6 Å². The molecular weight excluding hydrogens is 694 g/mol. The van der Waals surface area contributed by atoms with Gasteiger partial charge in [-0.3, -0.25) is 9.59 Å². The zero-order chi connectivity index (χ0) is 37.7. The average Bonchev–Trinajstić information content (AvgIpc) is 3.46. The number of carbonyl (C=O) groups is 1. The fraction of sp³-hybridized carbons (Fsp3) is 0.417. The summed E-state index contributed by atoms with van der Waals surface area (Å²) >= 11 is 0. The number of rotatable bonds is 9. The van der Waals surface area contributed by atoms with E-state index in [1.807, 2.05) is 33.9 Å². The van der Waals surface area contributed by atoms with Crippen molar-refractivity contribution in [2.24, 2.45) is 0 Å². The fourth-order valence-corrected chi connectivity index (χ4v) is 6.81. The van der Waals surface area contributed by atoms with E-state index in [9.17, 15) is 35.9 Å². The van der Waals surface area contributed by atoms with Crippen LogP contribution in [0.25, 0.3) is 5.69 Å². The van der Waals surface area contributed by atoms with Crippen LogP contribution in [0.15, 0.2) is 71.9 Å². The Labute approximate surface area is 292 Å². The molecule has 15 heteroatoms. The molecule has 8 nitrogen and oxygen atoms in total. The van der Waals surface area contributed by atoms with Crippen LogP contribution in [0.2, 0.25) is 18.1 Å². The minimum atomic E-state index is -5.26. The summed E-state index contributed by atoms with van der Waals surface area (Å²) in [5.41, 5.74) is -2.93. The van der Waals surface area contributed by atoms with Gasteiger partial charge in [0.2, 0.25) is 0 Å². The number of nitrogens with zero attached hydrogens (tertiary/aromatic N) is 4. The Bertz CT molecular complexity index is 1970. The first-order chi connectivity index (χ1) is 23.6. The molecule has 0 aliphatic carbocycles. The molecule has 0 fully saturated rings. The van der Waals surface area contributed by atoms with Crippen molar-refractivity contribution in [3.63, 3.8) is 0 Å². The molecule has 0 bridgehead atoms. The first kappa shape index (κ1) is 37.9. The molecule has 1 aliphatic rings. The van der Waals surface area contributed by atoms with Crippen LogP contribution in [0.4, 0.5) is 26.3 Å². The largest absolute Gasteiger partial charge is 0.488 e. The summed E-state index contributed by atoms with van der Waals surface area (Å²) in [5, 5.41) is -0.394. The zero-order valence-corrected chi connectivity index (χ0v) is 30.3. The maximum atomic E-state index is 14.7. The van der Waals surface area contributed by atoms with Crippen LogP contribution in [0.5, 0.6) is 5.75 Å². The van der Waals surface area contributed by atoms with Gasteiger partial charge in [-0.15, -0.1) is 0 Å². The monoisotopic (exact) mass is 734 g/mol. The SMILES string of the molecule is Cc1cn(-c2ccc3n(c2=O)CC(C)N(C(CO[Si](C)(C)C(C)(C)C)c2cc(C(F)(F)F)cc(C(F)(F)F)c2OCc2ccccc2)C3=O)cn1. The number of hydrogen-bond donors (Lipinski definition) is 0. The molecule has 2 unspecified atom stereocenters. The minimum Gasteiger partial charge on any atom is -0.488 e. The molecule has 3 heterocycles. The lowest BCUT2D eigenvalue weighted by molar-refractivity contribution is -0.144. The molecule has 0 saturated heterocycles. The van der Waals surface area contributed by atoms with E-state index in [4.69, 9.17) is 9.16 Å². The molecule has 4 aromatic rings. The number of benzene rings is 2. The van der Waals surface area contributed by atoms with Gasteiger partial charge in [-0.25, -0.2) is 4.98 Å². The van der Waals surface area contributed by atoms with Gasteiger partial charge < -0.3 is 23.2 Å². The Balaban J connectivity index is 1.72. The summed E-state index contributed by atoms with van der Waals surface area (Å²) in [6.07, 6.45) is -7.33. The first-order valence-corrected chi connectivity index (χ1v) is 19.2. The molecule has 2 aromatic heterocycles. The Kier molecular flexibility index (Phi) is 10.1. The molecule has 2 atom stereocenters. The second-order valence-corrected chi connectivity index (χ2v) is 19.1. The van der Waals surface area contributed by atoms with Gasteiger partial charge in [0, 0.05) is 24.3 Å². The molecule has 1 amide bonds. The first-order valence-electron chi connectivity index (χ1n) is 16.3. The van der Waals surface area contributed by atoms with Crippen LogP contribution in [-0.4, -0.2) is 45.9 Å². The summed E-state index contributed by atoms with van der Waals surface area (Å²) < 4.78 is 102. The maximum Gasteiger partial charge on any atom is 0.419 e. The Morgan fingerprint density at radius 3 is 2.20 bits per heavy atom. The summed E-state index contributed by atoms with van der Waals surface area (Å²) in [6, 6.07) is 9.37. The highest BCUT2D eigenvalue weighted by atomic mass is 28.4. The van der Waals surface area contributed by atoms with E-state index in [2.05, 4.69) is 4.98 Å². The van der Waals surface area contributed by atoms with E-state index >= 15 is 0 Å². The number of ether oxygens (including phenoxy) is 1. The maximum absolute atomic E-state index is 14.7. The van der Waals surface area contributed by atoms with Gasteiger partial charge >= 0.3 is 12.4 Å². The van der Waals surface area contributed by atoms with E-state index in [1.165, 1.54) is 32.5 Å². The average molecular weight is 735 g/mol. The molecule has 1 aliphatic heterocycles. The molecule has 274 valence electrons. The van der Waals surface area contributed by atoms with Gasteiger partial charge in [-0.1, -0.05) is 51.1 Å². The molecule has 0 saturated carbocycles. The van der Waals surface area contributed by atoms with Crippen LogP contribution in [0.3, 0.4) is 0 Å². The van der Waals surface area contributed by atoms with E-state index in [-0.39, 0.29) is 24.0 Å². The lowest BCUT2D eigenvalue weighted by Gasteiger charge is -2.44. The lowest BCUT2D eigenvalue weighted by atomic mass is 9.95. The number of alkyl halides is 6. The van der Waals surface area contributed by atoms with Crippen LogP contribution < -0.4 is 10.3 Å². The highest BCUT2D eigenvalue weighted by Gasteiger charge is 2.46. The molecule has 51 heavy (non-hydrogen) atoms. The molecule has 0 N–H and O–H groups in total. The number of halogens is 6. The highest BCUT2D eigenvalue weighted by molar-refractivity contribution is 6.74. The third kappa shape index (κ3) is 7.78. The van der Waals surface area contributed by atoms with Crippen LogP contribution in [0.1, 0.15) is 72.2 Å². The van der Waals surface area contributed by atoms with Crippen LogP contribution in [-0.2, 0) is 29.9 Å². The van der Waals surface area contributed by atoms with Crippen molar-refractivity contribution in [3.8, 4) is 11.4 Å². The van der Waals surface area contributed by atoms with Gasteiger partial charge in [0.1, 0.15) is 23.7 Å². The van der Waals surface area contributed by atoms with Gasteiger partial charge in [0.25, 0.3) is 11.5 Å². The van der Waals surface area contributed by atoms with Crippen molar-refractivity contribution in [1.29, 1.82) is 0 Å². The lowest BCUT2D eigenvalue weighted by Crippen LogP contribution is -2.53. The predicted molar refractivity (Wildman–Crippen MR) is 181 cm³/mol. The van der Waals surface area contributed by atoms with E-state index in [1.54, 1.807) is 50.4 Å². The molecule has 2 aromatic carbocycles. The molecule has 0 spiro atoms. The van der Waals surface area contributed by atoms with Gasteiger partial charge in [0.05, 0.1) is 35.8 Å². The number of fused-ring (bicyclic) bond motifs is 1. The summed E-state index contributed by atoms with van der Waals surface area (Å²) in [4.78, 5) is 33.5. The Morgan fingerprint density at radius 1 is 0.961 bits per heavy atom. The van der Waals surface area contributed by atoms with Crippen molar-refractivity contribution >= 4 is 14.2 Å². The quantitative estimate of drug-likeness (QED) is 0.127. The third-order valence-electron chi connectivity index (χ3n) is 9.60. The van der Waals surface area contributed by atoms with Crippen molar-refractivity contribution in [2.75, 3.05) is 6.61 Å². The van der Waals surface area contributed by atoms with Crippen molar-refractivity contribution in [2.45, 2.75) is 90.3 Å². The van der Waals surface area contributed by atoms with Crippen molar-refractivity contribution < 1.29 is 40.3 Å². The van der Waals surface area contributed by atoms with E-state index in [0.29, 0.717) is 17.3 Å². The molecule has 0 radical (unpaired) electrons. The van der Waals surface area contributed by atoms with Gasteiger partial charge in [0.15, 0.2) is 8.32 Å². The molecule has 5 rings (SSSR count). The normalized spacial score (nSPS) is 16.3. The van der Waals surface area contributed by atoms with Crippen molar-refractivity contribution in [1.82, 2.24) is 19.0 Å². The number of carbonyl (C=O) groups excluding carboxylic acids is 1. The number of aryl methyl sites for hydroxylation is 1. The second-order valence-electron chi connectivity index (χ2n) is 14.3. The Morgan fingerprint density at radius 2 is 1.63 bits per heavy atom. The minimum absolute atomic E-state index is 0.0330. The zero-order valence-electron chi connectivity index (χ0n) is 29.3. The highest BCUT2D eigenvalue weighted by Crippen LogP contribution is 2.47. The standard InChI is InChI=1S/C36H40F6N4O4Si/c1-22-17-44(21-43-22)28-13-14-29-33(48)46(23(2)18-45(29)32(28)47)30(20-50-51(6,7)34(3,4)5)26-15-25(35(37,38)39)16-27(36(40,41)42)31(26)49-19-24-11-9-8-10-12-24/h8-17,21,23,30H,18-20H2,1-7H3. The Hall–Kier alpha value is -4.37. The number of imidazole rings is 1.